The van der Waals surface area contributed by atoms with E-state index >= 15 is 0 Å². The predicted octanol–water partition coefficient (Wildman–Crippen LogP) is 2.85. The van der Waals surface area contributed by atoms with Crippen LogP contribution in [0, 0.1) is 5.82 Å². The van der Waals surface area contributed by atoms with Crippen LogP contribution in [-0.4, -0.2) is 23.9 Å². The number of hydrogen-bond donors (Lipinski definition) is 0. The number of likely N-dealkylation sites (tertiary alicyclic amines) is 1. The van der Waals surface area contributed by atoms with Gasteiger partial charge < -0.3 is 4.90 Å². The zero-order valence-electron chi connectivity index (χ0n) is 9.95. The standard InChI is InChI=1S/C14H16FNO/c1-11(17)16-7-3-5-13(10-16)8-12-4-2-6-14(15)9-12/h2,4,6,8-9H,3,5,7,10H2,1H3. The van der Waals surface area contributed by atoms with Crippen LogP contribution < -0.4 is 0 Å². The number of nitrogens with zero attached hydrogens (tertiary/aromatic N) is 1. The molecule has 0 aliphatic carbocycles. The van der Waals surface area contributed by atoms with Gasteiger partial charge in [-0.15, -0.1) is 0 Å². The second kappa shape index (κ2) is 5.13. The van der Waals surface area contributed by atoms with Crippen LogP contribution in [0.5, 0.6) is 0 Å². The van der Waals surface area contributed by atoms with E-state index in [2.05, 4.69) is 0 Å². The van der Waals surface area contributed by atoms with Gasteiger partial charge >= 0.3 is 0 Å². The molecule has 1 aromatic rings. The Kier molecular flexibility index (Phi) is 3.57. The Labute approximate surface area is 101 Å². The molecule has 1 aromatic carbocycles. The fourth-order valence-corrected chi connectivity index (χ4v) is 2.12. The highest BCUT2D eigenvalue weighted by molar-refractivity contribution is 5.74. The van der Waals surface area contributed by atoms with Gasteiger partial charge in [0.25, 0.3) is 0 Å². The molecule has 0 atom stereocenters. The lowest BCUT2D eigenvalue weighted by Crippen LogP contribution is -2.34. The maximum atomic E-state index is 13.0. The Balaban J connectivity index is 2.14. The van der Waals surface area contributed by atoms with E-state index in [9.17, 15) is 9.18 Å². The molecule has 1 heterocycles. The molecular formula is C14H16FNO. The summed E-state index contributed by atoms with van der Waals surface area (Å²) in [6.07, 6.45) is 3.96. The number of halogens is 1. The first-order chi connectivity index (χ1) is 8.15. The molecule has 1 fully saturated rings. The van der Waals surface area contributed by atoms with Gasteiger partial charge in [-0.05, 0) is 30.5 Å². The Hall–Kier alpha value is -1.64. The van der Waals surface area contributed by atoms with Crippen molar-refractivity contribution in [1.29, 1.82) is 0 Å². The van der Waals surface area contributed by atoms with E-state index in [1.807, 2.05) is 17.0 Å². The summed E-state index contributed by atoms with van der Waals surface area (Å²) >= 11 is 0. The second-order valence-electron chi connectivity index (χ2n) is 4.40. The Morgan fingerprint density at radius 2 is 2.29 bits per heavy atom. The number of rotatable bonds is 1. The van der Waals surface area contributed by atoms with Crippen molar-refractivity contribution in [3.8, 4) is 0 Å². The van der Waals surface area contributed by atoms with Gasteiger partial charge in [0.2, 0.25) is 5.91 Å². The van der Waals surface area contributed by atoms with E-state index in [0.717, 1.165) is 24.9 Å². The average molecular weight is 233 g/mol. The third-order valence-electron chi connectivity index (χ3n) is 2.98. The van der Waals surface area contributed by atoms with Crippen LogP contribution in [0.2, 0.25) is 0 Å². The number of carbonyl (C=O) groups is 1. The van der Waals surface area contributed by atoms with Crippen LogP contribution in [0.15, 0.2) is 29.8 Å². The molecular weight excluding hydrogens is 217 g/mol. The first kappa shape index (κ1) is 11.8. The van der Waals surface area contributed by atoms with Crippen molar-refractivity contribution in [2.45, 2.75) is 19.8 Å². The number of amides is 1. The number of piperidine rings is 1. The molecule has 2 nitrogen and oxygen atoms in total. The lowest BCUT2D eigenvalue weighted by atomic mass is 10.0. The van der Waals surface area contributed by atoms with Gasteiger partial charge in [-0.3, -0.25) is 4.79 Å². The van der Waals surface area contributed by atoms with E-state index in [1.54, 1.807) is 13.0 Å². The predicted molar refractivity (Wildman–Crippen MR) is 65.9 cm³/mol. The molecule has 1 aliphatic rings. The molecule has 2 rings (SSSR count). The van der Waals surface area contributed by atoms with Gasteiger partial charge in [-0.1, -0.05) is 23.8 Å². The minimum Gasteiger partial charge on any atom is -0.339 e. The number of benzene rings is 1. The largest absolute Gasteiger partial charge is 0.339 e. The normalized spacial score (nSPS) is 18.5. The number of hydrogen-bond acceptors (Lipinski definition) is 1. The first-order valence-corrected chi connectivity index (χ1v) is 5.85. The lowest BCUT2D eigenvalue weighted by Gasteiger charge is -2.27. The van der Waals surface area contributed by atoms with Crippen LogP contribution in [0.25, 0.3) is 6.08 Å². The number of carbonyl (C=O) groups excluding carboxylic acids is 1. The van der Waals surface area contributed by atoms with Crippen molar-refractivity contribution < 1.29 is 9.18 Å². The molecule has 0 aromatic heterocycles. The molecule has 0 saturated carbocycles. The summed E-state index contributed by atoms with van der Waals surface area (Å²) in [4.78, 5) is 13.1. The van der Waals surface area contributed by atoms with Crippen LogP contribution in [0.1, 0.15) is 25.3 Å². The highest BCUT2D eigenvalue weighted by Gasteiger charge is 2.15. The third kappa shape index (κ3) is 3.16. The summed E-state index contributed by atoms with van der Waals surface area (Å²) in [7, 11) is 0. The van der Waals surface area contributed by atoms with Crippen molar-refractivity contribution in [2.75, 3.05) is 13.1 Å². The minimum atomic E-state index is -0.224. The van der Waals surface area contributed by atoms with E-state index < -0.39 is 0 Å². The van der Waals surface area contributed by atoms with E-state index in [1.165, 1.54) is 17.7 Å². The topological polar surface area (TPSA) is 20.3 Å². The fourth-order valence-electron chi connectivity index (χ4n) is 2.12. The van der Waals surface area contributed by atoms with E-state index in [0.29, 0.717) is 6.54 Å². The Morgan fingerprint density at radius 1 is 1.47 bits per heavy atom. The van der Waals surface area contributed by atoms with Gasteiger partial charge in [-0.25, -0.2) is 4.39 Å². The van der Waals surface area contributed by atoms with Gasteiger partial charge in [0.15, 0.2) is 0 Å². The summed E-state index contributed by atoms with van der Waals surface area (Å²) < 4.78 is 13.0. The highest BCUT2D eigenvalue weighted by atomic mass is 19.1. The van der Waals surface area contributed by atoms with Gasteiger partial charge in [0.05, 0.1) is 0 Å². The molecule has 0 spiro atoms. The fraction of sp³-hybridized carbons (Fsp3) is 0.357. The molecule has 17 heavy (non-hydrogen) atoms. The molecule has 0 radical (unpaired) electrons. The van der Waals surface area contributed by atoms with Crippen molar-refractivity contribution >= 4 is 12.0 Å². The first-order valence-electron chi connectivity index (χ1n) is 5.85. The zero-order valence-corrected chi connectivity index (χ0v) is 9.95. The molecule has 90 valence electrons. The van der Waals surface area contributed by atoms with Crippen LogP contribution in [0.4, 0.5) is 4.39 Å². The SMILES string of the molecule is CC(=O)N1CCCC(=Cc2cccc(F)c2)C1. The van der Waals surface area contributed by atoms with Crippen molar-refractivity contribution in [2.24, 2.45) is 0 Å². The maximum Gasteiger partial charge on any atom is 0.219 e. The van der Waals surface area contributed by atoms with Crippen LogP contribution in [0.3, 0.4) is 0 Å². The molecule has 1 amide bonds. The van der Waals surface area contributed by atoms with Gasteiger partial charge in [-0.2, -0.15) is 0 Å². The van der Waals surface area contributed by atoms with Crippen LogP contribution >= 0.6 is 0 Å². The molecule has 1 saturated heterocycles. The molecule has 1 aliphatic heterocycles. The average Bonchev–Trinajstić information content (AvgIpc) is 2.29. The molecule has 3 heteroatoms. The van der Waals surface area contributed by atoms with Gasteiger partial charge in [0, 0.05) is 20.0 Å². The van der Waals surface area contributed by atoms with Crippen molar-refractivity contribution in [3.05, 3.63) is 41.2 Å². The highest BCUT2D eigenvalue weighted by Crippen LogP contribution is 2.19. The summed E-state index contributed by atoms with van der Waals surface area (Å²) in [5.74, 6) is -0.117. The monoisotopic (exact) mass is 233 g/mol. The minimum absolute atomic E-state index is 0.106. The van der Waals surface area contributed by atoms with Crippen molar-refractivity contribution in [3.63, 3.8) is 0 Å². The molecule has 0 unspecified atom stereocenters. The quantitative estimate of drug-likeness (QED) is 0.730. The summed E-state index contributed by atoms with van der Waals surface area (Å²) in [6.45, 7) is 3.09. The molecule has 0 N–H and O–H groups in total. The summed E-state index contributed by atoms with van der Waals surface area (Å²) in [5, 5.41) is 0. The van der Waals surface area contributed by atoms with Crippen molar-refractivity contribution in [1.82, 2.24) is 4.90 Å². The Morgan fingerprint density at radius 3 is 3.00 bits per heavy atom. The lowest BCUT2D eigenvalue weighted by molar-refractivity contribution is -0.128. The molecule has 0 bridgehead atoms. The van der Waals surface area contributed by atoms with Crippen LogP contribution in [-0.2, 0) is 4.79 Å². The third-order valence-corrected chi connectivity index (χ3v) is 2.98. The summed E-state index contributed by atoms with van der Waals surface area (Å²) in [5.41, 5.74) is 2.06. The smallest absolute Gasteiger partial charge is 0.219 e. The van der Waals surface area contributed by atoms with E-state index in [4.69, 9.17) is 0 Å². The maximum absolute atomic E-state index is 13.0. The van der Waals surface area contributed by atoms with Gasteiger partial charge in [0.1, 0.15) is 5.82 Å². The van der Waals surface area contributed by atoms with E-state index in [-0.39, 0.29) is 11.7 Å². The zero-order chi connectivity index (χ0) is 12.3. The Bertz CT molecular complexity index is 453. The summed E-state index contributed by atoms with van der Waals surface area (Å²) in [6, 6.07) is 6.53. The second-order valence-corrected chi connectivity index (χ2v) is 4.40.